The van der Waals surface area contributed by atoms with Crippen LogP contribution >= 0.6 is 0 Å². The largest absolute Gasteiger partial charge is 0.418 e. The van der Waals surface area contributed by atoms with Crippen molar-refractivity contribution in [2.45, 2.75) is 30.9 Å². The van der Waals surface area contributed by atoms with Crippen molar-refractivity contribution < 1.29 is 27.4 Å². The molecule has 0 saturated carbocycles. The molecule has 0 aliphatic carbocycles. The van der Waals surface area contributed by atoms with Gasteiger partial charge in [-0.25, -0.2) is 0 Å². The van der Waals surface area contributed by atoms with Crippen LogP contribution in [0.15, 0.2) is 18.2 Å². The molecule has 0 unspecified atom stereocenters. The van der Waals surface area contributed by atoms with Crippen molar-refractivity contribution in [3.05, 3.63) is 29.3 Å². The fraction of sp³-hybridized carbons (Fsp3) is 0.562. The first-order valence-electron chi connectivity index (χ1n) is 7.67. The number of hydrogen-bond acceptors (Lipinski definition) is 5. The molecule has 2 aliphatic rings. The van der Waals surface area contributed by atoms with Crippen molar-refractivity contribution >= 4 is 5.69 Å². The first kappa shape index (κ1) is 17.0. The molecule has 0 amide bonds. The standard InChI is InChI=1S/C16H17F3N2O3/c17-16(18,19)13-7-11(8-20)1-2-14(13)21-9-12-10-23-15(24-12)3-5-22-6-4-15/h1-2,7,12,21H,3-6,9-10H2/t12-/m1/s1. The van der Waals surface area contributed by atoms with Crippen molar-refractivity contribution in [3.63, 3.8) is 0 Å². The predicted octanol–water partition coefficient (Wildman–Crippen LogP) is 2.91. The molecule has 1 aromatic rings. The molecule has 5 nitrogen and oxygen atoms in total. The Hall–Kier alpha value is -1.82. The van der Waals surface area contributed by atoms with Crippen LogP contribution in [0.25, 0.3) is 0 Å². The number of halogens is 3. The van der Waals surface area contributed by atoms with Gasteiger partial charge in [-0.2, -0.15) is 18.4 Å². The lowest BCUT2D eigenvalue weighted by atomic mass is 10.1. The topological polar surface area (TPSA) is 63.5 Å². The maximum Gasteiger partial charge on any atom is 0.418 e. The van der Waals surface area contributed by atoms with Crippen molar-refractivity contribution in [2.75, 3.05) is 31.7 Å². The summed E-state index contributed by atoms with van der Waals surface area (Å²) >= 11 is 0. The highest BCUT2D eigenvalue weighted by Crippen LogP contribution is 2.36. The lowest BCUT2D eigenvalue weighted by molar-refractivity contribution is -0.209. The van der Waals surface area contributed by atoms with Gasteiger partial charge in [-0.15, -0.1) is 0 Å². The van der Waals surface area contributed by atoms with E-state index in [1.54, 1.807) is 6.07 Å². The zero-order valence-corrected chi connectivity index (χ0v) is 12.9. The third-order valence-corrected chi connectivity index (χ3v) is 4.14. The van der Waals surface area contributed by atoms with Crippen LogP contribution in [0.3, 0.4) is 0 Å². The minimum Gasteiger partial charge on any atom is -0.382 e. The summed E-state index contributed by atoms with van der Waals surface area (Å²) in [6.07, 6.45) is -3.63. The lowest BCUT2D eigenvalue weighted by Gasteiger charge is -2.31. The molecule has 2 fully saturated rings. The maximum absolute atomic E-state index is 13.1. The third kappa shape index (κ3) is 3.64. The molecule has 0 aromatic heterocycles. The summed E-state index contributed by atoms with van der Waals surface area (Å²) in [7, 11) is 0. The van der Waals surface area contributed by atoms with Gasteiger partial charge in [0.1, 0.15) is 6.10 Å². The highest BCUT2D eigenvalue weighted by atomic mass is 19.4. The summed E-state index contributed by atoms with van der Waals surface area (Å²) in [5.41, 5.74) is -0.964. The zero-order chi connectivity index (χ0) is 17.2. The van der Waals surface area contributed by atoms with Gasteiger partial charge in [-0.1, -0.05) is 0 Å². The number of anilines is 1. The summed E-state index contributed by atoms with van der Waals surface area (Å²) in [5.74, 6) is -0.665. The van der Waals surface area contributed by atoms with E-state index in [4.69, 9.17) is 19.5 Å². The third-order valence-electron chi connectivity index (χ3n) is 4.14. The molecule has 1 atom stereocenters. The van der Waals surface area contributed by atoms with Crippen LogP contribution < -0.4 is 5.32 Å². The van der Waals surface area contributed by atoms with E-state index in [0.717, 1.165) is 6.07 Å². The average Bonchev–Trinajstić information content (AvgIpc) is 2.95. The number of hydrogen-bond donors (Lipinski definition) is 1. The Morgan fingerprint density at radius 3 is 2.71 bits per heavy atom. The molecule has 1 spiro atoms. The molecule has 1 N–H and O–H groups in total. The number of ether oxygens (including phenoxy) is 3. The van der Waals surface area contributed by atoms with Gasteiger partial charge in [-0.3, -0.25) is 0 Å². The van der Waals surface area contributed by atoms with E-state index >= 15 is 0 Å². The first-order valence-corrected chi connectivity index (χ1v) is 7.67. The summed E-state index contributed by atoms with van der Waals surface area (Å²) in [5, 5.41) is 11.5. The Kier molecular flexibility index (Phi) is 4.67. The van der Waals surface area contributed by atoms with Gasteiger partial charge in [0.15, 0.2) is 5.79 Å². The second kappa shape index (κ2) is 6.59. The van der Waals surface area contributed by atoms with Crippen molar-refractivity contribution in [1.82, 2.24) is 0 Å². The summed E-state index contributed by atoms with van der Waals surface area (Å²) in [4.78, 5) is 0. The van der Waals surface area contributed by atoms with Gasteiger partial charge in [0.2, 0.25) is 0 Å². The van der Waals surface area contributed by atoms with E-state index in [0.29, 0.717) is 32.7 Å². The number of nitrogens with zero attached hydrogens (tertiary/aromatic N) is 1. The highest BCUT2D eigenvalue weighted by molar-refractivity contribution is 5.56. The number of rotatable bonds is 3. The van der Waals surface area contributed by atoms with Crippen LogP contribution in [0.1, 0.15) is 24.0 Å². The molecule has 130 valence electrons. The second-order valence-electron chi connectivity index (χ2n) is 5.82. The van der Waals surface area contributed by atoms with Crippen LogP contribution in [0.2, 0.25) is 0 Å². The van der Waals surface area contributed by atoms with Crippen LogP contribution in [0.4, 0.5) is 18.9 Å². The van der Waals surface area contributed by atoms with Gasteiger partial charge in [0.25, 0.3) is 0 Å². The lowest BCUT2D eigenvalue weighted by Crippen LogP contribution is -2.38. The van der Waals surface area contributed by atoms with E-state index in [2.05, 4.69) is 5.32 Å². The smallest absolute Gasteiger partial charge is 0.382 e. The first-order chi connectivity index (χ1) is 11.4. The van der Waals surface area contributed by atoms with Crippen molar-refractivity contribution in [2.24, 2.45) is 0 Å². The number of nitrogens with one attached hydrogen (secondary N) is 1. The Bertz CT molecular complexity index is 636. The molecule has 2 saturated heterocycles. The molecule has 3 rings (SSSR count). The summed E-state index contributed by atoms with van der Waals surface area (Å²) in [6, 6.07) is 5.18. The van der Waals surface area contributed by atoms with E-state index < -0.39 is 17.5 Å². The Balaban J connectivity index is 1.66. The Labute approximate surface area is 137 Å². The molecular formula is C16H17F3N2O3. The second-order valence-corrected chi connectivity index (χ2v) is 5.82. The molecular weight excluding hydrogens is 325 g/mol. The van der Waals surface area contributed by atoms with Gasteiger partial charge >= 0.3 is 6.18 Å². The quantitative estimate of drug-likeness (QED) is 0.915. The van der Waals surface area contributed by atoms with Gasteiger partial charge in [0, 0.05) is 25.1 Å². The zero-order valence-electron chi connectivity index (χ0n) is 12.9. The van der Waals surface area contributed by atoms with Crippen molar-refractivity contribution in [3.8, 4) is 6.07 Å². The molecule has 24 heavy (non-hydrogen) atoms. The average molecular weight is 342 g/mol. The van der Waals surface area contributed by atoms with Gasteiger partial charge < -0.3 is 19.5 Å². The Morgan fingerprint density at radius 1 is 1.29 bits per heavy atom. The van der Waals surface area contributed by atoms with Crippen LogP contribution in [0.5, 0.6) is 0 Å². The minimum atomic E-state index is -4.54. The fourth-order valence-electron chi connectivity index (χ4n) is 2.89. The number of nitriles is 1. The van der Waals surface area contributed by atoms with Crippen molar-refractivity contribution in [1.29, 1.82) is 5.26 Å². The Morgan fingerprint density at radius 2 is 2.04 bits per heavy atom. The van der Waals surface area contributed by atoms with E-state index in [-0.39, 0.29) is 23.9 Å². The number of benzene rings is 1. The number of alkyl halides is 3. The van der Waals surface area contributed by atoms with E-state index in [1.807, 2.05) is 0 Å². The van der Waals surface area contributed by atoms with Crippen LogP contribution in [-0.2, 0) is 20.4 Å². The van der Waals surface area contributed by atoms with Gasteiger partial charge in [0.05, 0.1) is 37.0 Å². The predicted molar refractivity (Wildman–Crippen MR) is 78.3 cm³/mol. The summed E-state index contributed by atoms with van der Waals surface area (Å²) < 4.78 is 56.3. The van der Waals surface area contributed by atoms with Crippen LogP contribution in [0, 0.1) is 11.3 Å². The maximum atomic E-state index is 13.1. The molecule has 2 aliphatic heterocycles. The molecule has 1 aromatic carbocycles. The van der Waals surface area contributed by atoms with Gasteiger partial charge in [-0.05, 0) is 18.2 Å². The van der Waals surface area contributed by atoms with Crippen LogP contribution in [-0.4, -0.2) is 38.3 Å². The van der Waals surface area contributed by atoms with E-state index in [1.165, 1.54) is 12.1 Å². The molecule has 2 heterocycles. The molecule has 0 radical (unpaired) electrons. The molecule has 0 bridgehead atoms. The fourth-order valence-corrected chi connectivity index (χ4v) is 2.89. The SMILES string of the molecule is N#Cc1ccc(NC[C@@H]2COC3(CCOCC3)O2)c(C(F)(F)F)c1. The normalized spacial score (nSPS) is 23.2. The molecule has 8 heteroatoms. The summed E-state index contributed by atoms with van der Waals surface area (Å²) in [6.45, 7) is 1.62. The minimum absolute atomic E-state index is 0.0329. The monoisotopic (exact) mass is 342 g/mol. The van der Waals surface area contributed by atoms with E-state index in [9.17, 15) is 13.2 Å². The highest BCUT2D eigenvalue weighted by Gasteiger charge is 2.43.